The van der Waals surface area contributed by atoms with E-state index in [-0.39, 0.29) is 5.91 Å². The molecule has 2 heterocycles. The first kappa shape index (κ1) is 19.4. The van der Waals surface area contributed by atoms with Gasteiger partial charge in [0.25, 0.3) is 5.91 Å². The summed E-state index contributed by atoms with van der Waals surface area (Å²) < 4.78 is 0. The molecule has 0 bridgehead atoms. The van der Waals surface area contributed by atoms with Gasteiger partial charge in [0.15, 0.2) is 5.60 Å². The molecule has 0 spiro atoms. The standard InChI is InChI=1S/C20H34N4O2/c1-15-18(16(2)22-21-15)13-23(3)14-20(26)10-7-11-24(19(20)25)12-17-8-5-4-6-9-17/h17,26H,4-14H2,1-3H3,(H,21,22). The zero-order valence-corrected chi connectivity index (χ0v) is 16.6. The Hall–Kier alpha value is -1.40. The molecule has 1 unspecified atom stereocenters. The Morgan fingerprint density at radius 1 is 1.27 bits per heavy atom. The first-order valence-electron chi connectivity index (χ1n) is 10.1. The van der Waals surface area contributed by atoms with Crippen molar-refractivity contribution in [2.24, 2.45) is 5.92 Å². The van der Waals surface area contributed by atoms with Gasteiger partial charge < -0.3 is 10.0 Å². The highest BCUT2D eigenvalue weighted by Crippen LogP contribution is 2.29. The second-order valence-electron chi connectivity index (χ2n) is 8.48. The summed E-state index contributed by atoms with van der Waals surface area (Å²) in [6.07, 6.45) is 7.77. The van der Waals surface area contributed by atoms with E-state index in [2.05, 4.69) is 10.2 Å². The van der Waals surface area contributed by atoms with Gasteiger partial charge in [0.05, 0.1) is 5.69 Å². The highest BCUT2D eigenvalue weighted by atomic mass is 16.3. The fraction of sp³-hybridized carbons (Fsp3) is 0.800. The van der Waals surface area contributed by atoms with E-state index in [0.29, 0.717) is 25.4 Å². The molecule has 26 heavy (non-hydrogen) atoms. The zero-order valence-electron chi connectivity index (χ0n) is 16.6. The monoisotopic (exact) mass is 362 g/mol. The van der Waals surface area contributed by atoms with Crippen LogP contribution in [0, 0.1) is 19.8 Å². The van der Waals surface area contributed by atoms with Crippen LogP contribution in [0.15, 0.2) is 0 Å². The van der Waals surface area contributed by atoms with Crippen molar-refractivity contribution in [1.82, 2.24) is 20.0 Å². The summed E-state index contributed by atoms with van der Waals surface area (Å²) in [6.45, 7) is 6.67. The number of rotatable bonds is 6. The van der Waals surface area contributed by atoms with Gasteiger partial charge >= 0.3 is 0 Å². The largest absolute Gasteiger partial charge is 0.379 e. The molecule has 1 aromatic heterocycles. The zero-order chi connectivity index (χ0) is 18.7. The van der Waals surface area contributed by atoms with Gasteiger partial charge in [-0.3, -0.25) is 14.8 Å². The highest BCUT2D eigenvalue weighted by molar-refractivity contribution is 5.86. The van der Waals surface area contributed by atoms with E-state index in [4.69, 9.17) is 0 Å². The Morgan fingerprint density at radius 2 is 2.00 bits per heavy atom. The summed E-state index contributed by atoms with van der Waals surface area (Å²) in [7, 11) is 1.97. The third-order valence-electron chi connectivity index (χ3n) is 6.15. The summed E-state index contributed by atoms with van der Waals surface area (Å²) in [5.74, 6) is 0.547. The van der Waals surface area contributed by atoms with E-state index < -0.39 is 5.60 Å². The lowest BCUT2D eigenvalue weighted by atomic mass is 9.86. The van der Waals surface area contributed by atoms with Crippen molar-refractivity contribution in [2.45, 2.75) is 70.9 Å². The molecule has 1 amide bonds. The molecule has 1 aromatic rings. The van der Waals surface area contributed by atoms with Crippen LogP contribution >= 0.6 is 0 Å². The number of hydrogen-bond donors (Lipinski definition) is 2. The molecule has 6 heteroatoms. The van der Waals surface area contributed by atoms with E-state index in [1.807, 2.05) is 30.7 Å². The second-order valence-corrected chi connectivity index (χ2v) is 8.48. The van der Waals surface area contributed by atoms with E-state index in [1.165, 1.54) is 32.1 Å². The number of aryl methyl sites for hydroxylation is 2. The molecule has 2 aliphatic rings. The lowest BCUT2D eigenvalue weighted by Crippen LogP contribution is -2.58. The third kappa shape index (κ3) is 4.29. The Morgan fingerprint density at radius 3 is 2.65 bits per heavy atom. The van der Waals surface area contributed by atoms with Crippen LogP contribution in [0.4, 0.5) is 0 Å². The number of carbonyl (C=O) groups excluding carboxylic acids is 1. The second kappa shape index (κ2) is 8.09. The lowest BCUT2D eigenvalue weighted by molar-refractivity contribution is -0.160. The minimum Gasteiger partial charge on any atom is -0.379 e. The van der Waals surface area contributed by atoms with Crippen LogP contribution in [0.3, 0.4) is 0 Å². The molecule has 0 aromatic carbocycles. The lowest BCUT2D eigenvalue weighted by Gasteiger charge is -2.41. The Balaban J connectivity index is 1.61. The molecule has 3 rings (SSSR count). The molecular weight excluding hydrogens is 328 g/mol. The third-order valence-corrected chi connectivity index (χ3v) is 6.15. The van der Waals surface area contributed by atoms with Gasteiger partial charge in [-0.15, -0.1) is 0 Å². The maximum Gasteiger partial charge on any atom is 0.255 e. The molecule has 1 saturated heterocycles. The summed E-state index contributed by atoms with van der Waals surface area (Å²) in [5, 5.41) is 18.4. The Labute approximate surface area is 156 Å². The molecule has 146 valence electrons. The first-order chi connectivity index (χ1) is 12.4. The molecule has 1 atom stereocenters. The van der Waals surface area contributed by atoms with Gasteiger partial charge in [-0.25, -0.2) is 0 Å². The molecular formula is C20H34N4O2. The van der Waals surface area contributed by atoms with Crippen molar-refractivity contribution in [1.29, 1.82) is 0 Å². The number of piperidine rings is 1. The van der Waals surface area contributed by atoms with Gasteiger partial charge in [0.2, 0.25) is 0 Å². The number of carbonyl (C=O) groups is 1. The number of hydrogen-bond acceptors (Lipinski definition) is 4. The van der Waals surface area contributed by atoms with E-state index in [9.17, 15) is 9.90 Å². The Kier molecular flexibility index (Phi) is 6.03. The normalized spacial score (nSPS) is 25.3. The van der Waals surface area contributed by atoms with Crippen LogP contribution in [-0.2, 0) is 11.3 Å². The maximum atomic E-state index is 13.0. The molecule has 2 fully saturated rings. The highest BCUT2D eigenvalue weighted by Gasteiger charge is 2.43. The van der Waals surface area contributed by atoms with Crippen molar-refractivity contribution in [3.8, 4) is 0 Å². The van der Waals surface area contributed by atoms with Crippen molar-refractivity contribution >= 4 is 5.91 Å². The topological polar surface area (TPSA) is 72.5 Å². The van der Waals surface area contributed by atoms with Crippen LogP contribution in [0.5, 0.6) is 0 Å². The minimum absolute atomic E-state index is 0.0678. The number of likely N-dealkylation sites (tertiary alicyclic amines) is 1. The van der Waals surface area contributed by atoms with E-state index >= 15 is 0 Å². The summed E-state index contributed by atoms with van der Waals surface area (Å²) >= 11 is 0. The van der Waals surface area contributed by atoms with Gasteiger partial charge in [-0.2, -0.15) is 5.10 Å². The molecule has 1 aliphatic carbocycles. The summed E-state index contributed by atoms with van der Waals surface area (Å²) in [4.78, 5) is 17.0. The van der Waals surface area contributed by atoms with Crippen LogP contribution < -0.4 is 0 Å². The molecule has 0 radical (unpaired) electrons. The fourth-order valence-electron chi connectivity index (χ4n) is 4.65. The number of aliphatic hydroxyl groups is 1. The van der Waals surface area contributed by atoms with Gasteiger partial charge in [0, 0.05) is 37.4 Å². The average molecular weight is 363 g/mol. The maximum absolute atomic E-state index is 13.0. The summed E-state index contributed by atoms with van der Waals surface area (Å²) in [6, 6.07) is 0. The number of likely N-dealkylation sites (N-methyl/N-ethyl adjacent to an activating group) is 1. The van der Waals surface area contributed by atoms with Gasteiger partial charge in [0.1, 0.15) is 0 Å². The number of nitrogens with zero attached hydrogens (tertiary/aromatic N) is 3. The number of aromatic nitrogens is 2. The molecule has 1 saturated carbocycles. The number of H-pyrrole nitrogens is 1. The van der Waals surface area contributed by atoms with Gasteiger partial charge in [-0.1, -0.05) is 19.3 Å². The van der Waals surface area contributed by atoms with Crippen molar-refractivity contribution in [2.75, 3.05) is 26.7 Å². The first-order valence-corrected chi connectivity index (χ1v) is 10.1. The predicted molar refractivity (Wildman–Crippen MR) is 102 cm³/mol. The summed E-state index contributed by atoms with van der Waals surface area (Å²) in [5.41, 5.74) is 1.93. The quantitative estimate of drug-likeness (QED) is 0.815. The van der Waals surface area contributed by atoms with Gasteiger partial charge in [-0.05, 0) is 52.5 Å². The number of amides is 1. The van der Waals surface area contributed by atoms with Crippen LogP contribution in [0.2, 0.25) is 0 Å². The van der Waals surface area contributed by atoms with E-state index in [1.54, 1.807) is 0 Å². The fourth-order valence-corrected chi connectivity index (χ4v) is 4.65. The van der Waals surface area contributed by atoms with Crippen LogP contribution in [0.25, 0.3) is 0 Å². The Bertz CT molecular complexity index is 604. The molecule has 2 N–H and O–H groups in total. The minimum atomic E-state index is -1.26. The van der Waals surface area contributed by atoms with Crippen LogP contribution in [-0.4, -0.2) is 63.3 Å². The smallest absolute Gasteiger partial charge is 0.255 e. The van der Waals surface area contributed by atoms with Crippen LogP contribution in [0.1, 0.15) is 61.9 Å². The number of nitrogens with one attached hydrogen (secondary N) is 1. The number of aromatic amines is 1. The SMILES string of the molecule is Cc1n[nH]c(C)c1CN(C)CC1(O)CCCN(CC2CCCCC2)C1=O. The van der Waals surface area contributed by atoms with Crippen molar-refractivity contribution in [3.05, 3.63) is 17.0 Å². The average Bonchev–Trinajstić information content (AvgIpc) is 2.92. The van der Waals surface area contributed by atoms with Crippen molar-refractivity contribution in [3.63, 3.8) is 0 Å². The predicted octanol–water partition coefficient (Wildman–Crippen LogP) is 2.39. The van der Waals surface area contributed by atoms with Crippen molar-refractivity contribution < 1.29 is 9.90 Å². The van der Waals surface area contributed by atoms with E-state index in [0.717, 1.165) is 36.5 Å². The molecule has 1 aliphatic heterocycles. The molecule has 6 nitrogen and oxygen atoms in total.